The Morgan fingerprint density at radius 1 is 0.430 bits per heavy atom. The van der Waals surface area contributed by atoms with E-state index in [-0.39, 0.29) is 5.41 Å². The van der Waals surface area contributed by atoms with Crippen molar-refractivity contribution in [3.05, 3.63) is 306 Å². The van der Waals surface area contributed by atoms with Gasteiger partial charge in [-0.2, -0.15) is 0 Å². The van der Waals surface area contributed by atoms with Crippen molar-refractivity contribution in [3.63, 3.8) is 0 Å². The molecule has 2 heterocycles. The Morgan fingerprint density at radius 3 is 1.86 bits per heavy atom. The second kappa shape index (κ2) is 17.4. The van der Waals surface area contributed by atoms with Gasteiger partial charge in [-0.05, 0) is 141 Å². The first-order valence-corrected chi connectivity index (χ1v) is 27.8. The Balaban J connectivity index is 0.932. The number of furan rings is 1. The largest absolute Gasteiger partial charge is 0.456 e. The molecule has 3 aliphatic carbocycles. The van der Waals surface area contributed by atoms with Crippen LogP contribution in [0.3, 0.4) is 0 Å². The van der Waals surface area contributed by atoms with Gasteiger partial charge in [0, 0.05) is 49.5 Å². The number of allylic oxidation sites excluding steroid dienone is 4. The lowest BCUT2D eigenvalue weighted by molar-refractivity contribution is 0.607. The molecule has 3 aliphatic rings. The van der Waals surface area contributed by atoms with Gasteiger partial charge in [0.1, 0.15) is 11.2 Å². The molecular formula is C76H54N2O. The number of hydrogen-bond donors (Lipinski definition) is 0. The van der Waals surface area contributed by atoms with Gasteiger partial charge in [-0.15, -0.1) is 0 Å². The van der Waals surface area contributed by atoms with E-state index in [0.29, 0.717) is 0 Å². The molecule has 0 spiro atoms. The Labute approximate surface area is 460 Å². The normalized spacial score (nSPS) is 15.9. The summed E-state index contributed by atoms with van der Waals surface area (Å²) in [6.45, 7) is 4.84. The summed E-state index contributed by atoms with van der Waals surface area (Å²) in [6.07, 6.45) is 6.93. The highest BCUT2D eigenvalue weighted by atomic mass is 16.3. The van der Waals surface area contributed by atoms with Crippen LogP contribution in [0.4, 0.5) is 17.1 Å². The van der Waals surface area contributed by atoms with Crippen LogP contribution in [-0.4, -0.2) is 4.57 Å². The molecule has 0 aliphatic heterocycles. The maximum Gasteiger partial charge on any atom is 0.135 e. The third kappa shape index (κ3) is 6.60. The second-order valence-corrected chi connectivity index (χ2v) is 22.2. The molecule has 13 aromatic rings. The van der Waals surface area contributed by atoms with Crippen molar-refractivity contribution in [2.24, 2.45) is 0 Å². The lowest BCUT2D eigenvalue weighted by atomic mass is 9.67. The predicted molar refractivity (Wildman–Crippen MR) is 329 cm³/mol. The summed E-state index contributed by atoms with van der Waals surface area (Å²) in [5.74, 6) is 0. The zero-order chi connectivity index (χ0) is 52.4. The molecule has 11 aromatic carbocycles. The number of rotatable bonds is 8. The van der Waals surface area contributed by atoms with Gasteiger partial charge in [0.15, 0.2) is 0 Å². The predicted octanol–water partition coefficient (Wildman–Crippen LogP) is 20.2. The molecule has 79 heavy (non-hydrogen) atoms. The quantitative estimate of drug-likeness (QED) is 0.151. The zero-order valence-electron chi connectivity index (χ0n) is 44.1. The van der Waals surface area contributed by atoms with E-state index in [2.05, 4.69) is 290 Å². The Hall–Kier alpha value is -9.70. The van der Waals surface area contributed by atoms with Crippen LogP contribution in [-0.2, 0) is 10.8 Å². The van der Waals surface area contributed by atoms with Crippen LogP contribution in [0, 0.1) is 0 Å². The van der Waals surface area contributed by atoms with Crippen molar-refractivity contribution >= 4 is 66.4 Å². The molecule has 0 amide bonds. The van der Waals surface area contributed by atoms with Crippen molar-refractivity contribution in [2.75, 3.05) is 4.90 Å². The van der Waals surface area contributed by atoms with Crippen molar-refractivity contribution in [1.82, 2.24) is 4.57 Å². The first-order valence-electron chi connectivity index (χ1n) is 27.8. The molecule has 0 saturated heterocycles. The van der Waals surface area contributed by atoms with E-state index in [1.165, 1.54) is 88.6 Å². The average Bonchev–Trinajstić information content (AvgIpc) is 4.22. The highest BCUT2D eigenvalue weighted by molar-refractivity contribution is 6.10. The number of benzene rings is 11. The average molecular weight is 1010 g/mol. The van der Waals surface area contributed by atoms with E-state index >= 15 is 0 Å². The number of hydrogen-bond acceptors (Lipinski definition) is 2. The molecule has 374 valence electrons. The first-order chi connectivity index (χ1) is 39.0. The number of nitrogens with zero attached hydrogens (tertiary/aromatic N) is 2. The first kappa shape index (κ1) is 45.5. The Kier molecular flexibility index (Phi) is 10.0. The zero-order valence-corrected chi connectivity index (χ0v) is 44.1. The Morgan fingerprint density at radius 2 is 1.05 bits per heavy atom. The molecule has 1 atom stereocenters. The van der Waals surface area contributed by atoms with Gasteiger partial charge < -0.3 is 13.9 Å². The minimum atomic E-state index is -0.663. The van der Waals surface area contributed by atoms with Crippen molar-refractivity contribution in [1.29, 1.82) is 0 Å². The van der Waals surface area contributed by atoms with Crippen LogP contribution < -0.4 is 4.90 Å². The monoisotopic (exact) mass is 1010 g/mol. The smallest absolute Gasteiger partial charge is 0.135 e. The molecule has 0 radical (unpaired) electrons. The summed E-state index contributed by atoms with van der Waals surface area (Å²) in [4.78, 5) is 2.52. The third-order valence-electron chi connectivity index (χ3n) is 17.8. The van der Waals surface area contributed by atoms with Gasteiger partial charge in [-0.25, -0.2) is 0 Å². The van der Waals surface area contributed by atoms with Gasteiger partial charge >= 0.3 is 0 Å². The molecule has 0 N–H and O–H groups in total. The van der Waals surface area contributed by atoms with Gasteiger partial charge in [-0.1, -0.05) is 220 Å². The standard InChI is InChI=1S/C76H54N2O/c1-75(2)64-31-13-7-29-62(64)74-61(30-20-33-66(74)75)59-27-11-16-35-69(59)77(52-42-39-49(40-43-52)54-23-8-15-34-68(54)78-70-36-17-9-25-57(70)58-26-10-18-37-71(58)78)53-44-45-56-55-24-6-14-32-65(55)76(67(56)48-53,50-21-4-3-5-22-50)51-41-46-73-63(47-51)60-28-12-19-38-72(60)79-73/h3-12,14-30,32-48H,13,31H2,1-2H3. The van der Waals surface area contributed by atoms with Crippen LogP contribution >= 0.6 is 0 Å². The molecule has 3 nitrogen and oxygen atoms in total. The summed E-state index contributed by atoms with van der Waals surface area (Å²) in [6, 6.07) is 94.6. The molecule has 0 fully saturated rings. The molecular weight excluding hydrogens is 957 g/mol. The van der Waals surface area contributed by atoms with E-state index in [0.717, 1.165) is 63.1 Å². The van der Waals surface area contributed by atoms with E-state index in [1.807, 2.05) is 0 Å². The third-order valence-corrected chi connectivity index (χ3v) is 17.8. The molecule has 16 rings (SSSR count). The molecule has 1 unspecified atom stereocenters. The van der Waals surface area contributed by atoms with Crippen molar-refractivity contribution in [3.8, 4) is 39.1 Å². The number of aromatic nitrogens is 1. The summed E-state index contributed by atoms with van der Waals surface area (Å²) in [5.41, 5.74) is 25.7. The second-order valence-electron chi connectivity index (χ2n) is 22.2. The van der Waals surface area contributed by atoms with E-state index in [9.17, 15) is 0 Å². The minimum Gasteiger partial charge on any atom is -0.456 e. The van der Waals surface area contributed by atoms with Crippen LogP contribution in [0.15, 0.2) is 277 Å². The van der Waals surface area contributed by atoms with Gasteiger partial charge in [0.05, 0.1) is 27.8 Å². The fourth-order valence-corrected chi connectivity index (χ4v) is 14.3. The van der Waals surface area contributed by atoms with E-state index < -0.39 is 5.41 Å². The number of para-hydroxylation sites is 5. The topological polar surface area (TPSA) is 21.3 Å². The maximum absolute atomic E-state index is 6.49. The van der Waals surface area contributed by atoms with Gasteiger partial charge in [0.25, 0.3) is 0 Å². The van der Waals surface area contributed by atoms with Crippen LogP contribution in [0.2, 0.25) is 0 Å². The molecule has 3 heteroatoms. The van der Waals surface area contributed by atoms with Crippen molar-refractivity contribution < 1.29 is 4.42 Å². The minimum absolute atomic E-state index is 0.0626. The summed E-state index contributed by atoms with van der Waals surface area (Å²) in [7, 11) is 0. The summed E-state index contributed by atoms with van der Waals surface area (Å²) >= 11 is 0. The molecule has 0 saturated carbocycles. The number of fused-ring (bicyclic) bond motifs is 11. The molecule has 0 bridgehead atoms. The SMILES string of the molecule is CC1(C)C2=C(C=CCC2)c2c(-c3ccccc3N(c3ccc(-c4ccccc4-n4c5ccccc5c5ccccc54)cc3)c3ccc4c(c3)C(c3ccccc3)(c3ccc5oc6ccccc6c5c3)c3ccccc3-4)cccc21. The molecule has 2 aromatic heterocycles. The lowest BCUT2D eigenvalue weighted by Gasteiger charge is -2.35. The highest BCUT2D eigenvalue weighted by Gasteiger charge is 2.47. The van der Waals surface area contributed by atoms with E-state index in [1.54, 1.807) is 5.57 Å². The number of anilines is 3. The fourth-order valence-electron chi connectivity index (χ4n) is 14.3. The fraction of sp³-hybridized carbons (Fsp3) is 0.0789. The summed E-state index contributed by atoms with van der Waals surface area (Å²) < 4.78 is 8.93. The van der Waals surface area contributed by atoms with Gasteiger partial charge in [0.2, 0.25) is 0 Å². The summed E-state index contributed by atoms with van der Waals surface area (Å²) in [5, 5.41) is 4.74. The lowest BCUT2D eigenvalue weighted by Crippen LogP contribution is -2.28. The van der Waals surface area contributed by atoms with Gasteiger partial charge in [-0.3, -0.25) is 0 Å². The van der Waals surface area contributed by atoms with Crippen LogP contribution in [0.1, 0.15) is 60.1 Å². The van der Waals surface area contributed by atoms with Crippen LogP contribution in [0.25, 0.3) is 88.4 Å². The Bertz CT molecular complexity index is 4640. The van der Waals surface area contributed by atoms with Crippen LogP contribution in [0.5, 0.6) is 0 Å². The maximum atomic E-state index is 6.49. The van der Waals surface area contributed by atoms with E-state index in [4.69, 9.17) is 4.42 Å². The highest BCUT2D eigenvalue weighted by Crippen LogP contribution is 2.59. The van der Waals surface area contributed by atoms with Crippen molar-refractivity contribution in [2.45, 2.75) is 37.5 Å².